The van der Waals surface area contributed by atoms with Gasteiger partial charge in [-0.2, -0.15) is 0 Å². The van der Waals surface area contributed by atoms with Gasteiger partial charge in [0.2, 0.25) is 0 Å². The van der Waals surface area contributed by atoms with E-state index in [2.05, 4.69) is 12.1 Å². The monoisotopic (exact) mass is 257 g/mol. The maximum absolute atomic E-state index is 5.57. The summed E-state index contributed by atoms with van der Waals surface area (Å²) >= 11 is 0. The summed E-state index contributed by atoms with van der Waals surface area (Å²) in [4.78, 5) is 0. The highest BCUT2D eigenvalue weighted by Crippen LogP contribution is 2.27. The molecule has 0 aliphatic heterocycles. The summed E-state index contributed by atoms with van der Waals surface area (Å²) in [5, 5.41) is 0. The van der Waals surface area contributed by atoms with E-state index in [1.807, 2.05) is 37.3 Å². The lowest BCUT2D eigenvalue weighted by atomic mass is 10.0. The van der Waals surface area contributed by atoms with Gasteiger partial charge in [0.05, 0.1) is 7.11 Å². The van der Waals surface area contributed by atoms with Gasteiger partial charge < -0.3 is 15.2 Å². The van der Waals surface area contributed by atoms with Crippen molar-refractivity contribution in [3.8, 4) is 22.6 Å². The Morgan fingerprint density at radius 1 is 1.00 bits per heavy atom. The first-order chi connectivity index (χ1) is 9.24. The van der Waals surface area contributed by atoms with Crippen molar-refractivity contribution in [2.45, 2.75) is 6.92 Å². The van der Waals surface area contributed by atoms with Gasteiger partial charge in [0.25, 0.3) is 0 Å². The summed E-state index contributed by atoms with van der Waals surface area (Å²) in [5.74, 6) is 1.76. The third-order valence-electron chi connectivity index (χ3n) is 2.97. The van der Waals surface area contributed by atoms with Gasteiger partial charge in [-0.25, -0.2) is 0 Å². The molecule has 0 spiro atoms. The fourth-order valence-corrected chi connectivity index (χ4v) is 1.94. The number of aryl methyl sites for hydroxylation is 1. The van der Waals surface area contributed by atoms with Crippen molar-refractivity contribution in [3.05, 3.63) is 48.0 Å². The lowest BCUT2D eigenvalue weighted by Crippen LogP contribution is -2.11. The molecule has 19 heavy (non-hydrogen) atoms. The number of benzene rings is 2. The van der Waals surface area contributed by atoms with Crippen molar-refractivity contribution in [1.29, 1.82) is 0 Å². The number of ether oxygens (including phenoxy) is 2. The fraction of sp³-hybridized carbons (Fsp3) is 0.250. The minimum absolute atomic E-state index is 0.527. The van der Waals surface area contributed by atoms with Crippen LogP contribution in [0.5, 0.6) is 11.5 Å². The molecule has 2 N–H and O–H groups in total. The van der Waals surface area contributed by atoms with Crippen molar-refractivity contribution in [1.82, 2.24) is 0 Å². The SMILES string of the molecule is COc1ccc(-c2ccc(OCCN)c(C)c2)cc1. The van der Waals surface area contributed by atoms with Gasteiger partial charge in [-0.05, 0) is 47.9 Å². The highest BCUT2D eigenvalue weighted by atomic mass is 16.5. The van der Waals surface area contributed by atoms with E-state index in [0.29, 0.717) is 13.2 Å². The lowest BCUT2D eigenvalue weighted by molar-refractivity contribution is 0.326. The molecule has 2 aromatic carbocycles. The molecular formula is C16H19NO2. The minimum Gasteiger partial charge on any atom is -0.497 e. The van der Waals surface area contributed by atoms with Crippen molar-refractivity contribution in [3.63, 3.8) is 0 Å². The minimum atomic E-state index is 0.527. The van der Waals surface area contributed by atoms with Crippen LogP contribution in [-0.4, -0.2) is 20.3 Å². The van der Waals surface area contributed by atoms with E-state index in [1.54, 1.807) is 7.11 Å². The molecule has 0 aromatic heterocycles. The molecule has 0 bridgehead atoms. The van der Waals surface area contributed by atoms with Gasteiger partial charge in [0.15, 0.2) is 0 Å². The smallest absolute Gasteiger partial charge is 0.122 e. The molecule has 2 aromatic rings. The van der Waals surface area contributed by atoms with E-state index in [0.717, 1.165) is 22.6 Å². The van der Waals surface area contributed by atoms with E-state index in [4.69, 9.17) is 15.2 Å². The summed E-state index contributed by atoms with van der Waals surface area (Å²) < 4.78 is 10.7. The van der Waals surface area contributed by atoms with E-state index in [1.165, 1.54) is 5.56 Å². The first kappa shape index (κ1) is 13.4. The Morgan fingerprint density at radius 3 is 2.26 bits per heavy atom. The Hall–Kier alpha value is -2.00. The molecule has 100 valence electrons. The van der Waals surface area contributed by atoms with Crippen LogP contribution in [0.4, 0.5) is 0 Å². The van der Waals surface area contributed by atoms with Crippen LogP contribution in [0.2, 0.25) is 0 Å². The second-order valence-electron chi connectivity index (χ2n) is 4.35. The Kier molecular flexibility index (Phi) is 4.42. The third kappa shape index (κ3) is 3.26. The molecule has 0 radical (unpaired) electrons. The average molecular weight is 257 g/mol. The van der Waals surface area contributed by atoms with Crippen LogP contribution in [0.1, 0.15) is 5.56 Å². The van der Waals surface area contributed by atoms with Gasteiger partial charge in [-0.1, -0.05) is 18.2 Å². The normalized spacial score (nSPS) is 10.3. The number of methoxy groups -OCH3 is 1. The number of nitrogens with two attached hydrogens (primary N) is 1. The Balaban J connectivity index is 2.22. The second kappa shape index (κ2) is 6.25. The quantitative estimate of drug-likeness (QED) is 0.895. The van der Waals surface area contributed by atoms with Crippen LogP contribution < -0.4 is 15.2 Å². The zero-order valence-corrected chi connectivity index (χ0v) is 11.3. The van der Waals surface area contributed by atoms with Crippen molar-refractivity contribution >= 4 is 0 Å². The summed E-state index contributed by atoms with van der Waals surface area (Å²) in [6.45, 7) is 3.11. The van der Waals surface area contributed by atoms with Crippen molar-refractivity contribution in [2.24, 2.45) is 5.73 Å². The van der Waals surface area contributed by atoms with E-state index >= 15 is 0 Å². The van der Waals surface area contributed by atoms with Crippen LogP contribution in [0.3, 0.4) is 0 Å². The van der Waals surface area contributed by atoms with Crippen LogP contribution in [0, 0.1) is 6.92 Å². The molecule has 0 amide bonds. The summed E-state index contributed by atoms with van der Waals surface area (Å²) in [6.07, 6.45) is 0. The lowest BCUT2D eigenvalue weighted by Gasteiger charge is -2.10. The zero-order chi connectivity index (χ0) is 13.7. The molecule has 0 unspecified atom stereocenters. The van der Waals surface area contributed by atoms with Crippen molar-refractivity contribution in [2.75, 3.05) is 20.3 Å². The average Bonchev–Trinajstić information content (AvgIpc) is 2.46. The zero-order valence-electron chi connectivity index (χ0n) is 11.3. The van der Waals surface area contributed by atoms with Crippen LogP contribution in [0.25, 0.3) is 11.1 Å². The van der Waals surface area contributed by atoms with Gasteiger partial charge in [-0.3, -0.25) is 0 Å². The molecule has 0 aliphatic carbocycles. The molecule has 0 atom stereocenters. The van der Waals surface area contributed by atoms with Gasteiger partial charge >= 0.3 is 0 Å². The molecular weight excluding hydrogens is 238 g/mol. The molecule has 3 heteroatoms. The Morgan fingerprint density at radius 2 is 1.68 bits per heavy atom. The Labute approximate surface area is 114 Å². The molecule has 0 fully saturated rings. The van der Waals surface area contributed by atoms with Crippen LogP contribution in [-0.2, 0) is 0 Å². The predicted octanol–water partition coefficient (Wildman–Crippen LogP) is 3.01. The maximum atomic E-state index is 5.57. The fourth-order valence-electron chi connectivity index (χ4n) is 1.94. The van der Waals surface area contributed by atoms with E-state index < -0.39 is 0 Å². The maximum Gasteiger partial charge on any atom is 0.122 e. The standard InChI is InChI=1S/C16H19NO2/c1-12-11-14(5-8-16(12)19-10-9-17)13-3-6-15(18-2)7-4-13/h3-8,11H,9-10,17H2,1-2H3. The molecule has 0 aliphatic rings. The van der Waals surface area contributed by atoms with Crippen LogP contribution >= 0.6 is 0 Å². The summed E-state index contributed by atoms with van der Waals surface area (Å²) in [5.41, 5.74) is 8.88. The largest absolute Gasteiger partial charge is 0.497 e. The highest BCUT2D eigenvalue weighted by Gasteiger charge is 2.03. The van der Waals surface area contributed by atoms with Crippen molar-refractivity contribution < 1.29 is 9.47 Å². The molecule has 2 rings (SSSR count). The van der Waals surface area contributed by atoms with Gasteiger partial charge in [0.1, 0.15) is 18.1 Å². The Bertz CT molecular complexity index is 535. The summed E-state index contributed by atoms with van der Waals surface area (Å²) in [7, 11) is 1.67. The topological polar surface area (TPSA) is 44.5 Å². The van der Waals surface area contributed by atoms with E-state index in [9.17, 15) is 0 Å². The van der Waals surface area contributed by atoms with Crippen LogP contribution in [0.15, 0.2) is 42.5 Å². The molecule has 0 saturated heterocycles. The number of rotatable bonds is 5. The predicted molar refractivity (Wildman–Crippen MR) is 77.7 cm³/mol. The third-order valence-corrected chi connectivity index (χ3v) is 2.97. The highest BCUT2D eigenvalue weighted by molar-refractivity contribution is 5.66. The molecule has 0 saturated carbocycles. The van der Waals surface area contributed by atoms with Gasteiger partial charge in [-0.15, -0.1) is 0 Å². The number of hydrogen-bond acceptors (Lipinski definition) is 3. The van der Waals surface area contributed by atoms with Gasteiger partial charge in [0, 0.05) is 6.54 Å². The first-order valence-electron chi connectivity index (χ1n) is 6.32. The molecule has 0 heterocycles. The first-order valence-corrected chi connectivity index (χ1v) is 6.32. The molecule has 3 nitrogen and oxygen atoms in total. The summed E-state index contributed by atoms with van der Waals surface area (Å²) in [6, 6.07) is 14.2. The number of hydrogen-bond donors (Lipinski definition) is 1. The van der Waals surface area contributed by atoms with E-state index in [-0.39, 0.29) is 0 Å². The second-order valence-corrected chi connectivity index (χ2v) is 4.35.